The number of hydrogen-bond acceptors (Lipinski definition) is 4. The van der Waals surface area contributed by atoms with E-state index >= 15 is 0 Å². The lowest BCUT2D eigenvalue weighted by molar-refractivity contribution is -0.137. The largest absolute Gasteiger partial charge is 0.417 e. The molecular weight excluding hydrogens is 437 g/mol. The van der Waals surface area contributed by atoms with E-state index in [0.29, 0.717) is 18.8 Å². The number of nitrogens with one attached hydrogen (secondary N) is 3. The van der Waals surface area contributed by atoms with Crippen LogP contribution in [0.4, 0.5) is 33.5 Å². The average Bonchev–Trinajstić information content (AvgIpc) is 3.35. The van der Waals surface area contributed by atoms with Crippen molar-refractivity contribution < 1.29 is 31.5 Å². The first-order chi connectivity index (χ1) is 15.1. The number of nitrogens with zero attached hydrogens (tertiary/aromatic N) is 2. The number of pyridine rings is 1. The molecule has 3 aromatic rings. The molecule has 0 radical (unpaired) electrons. The maximum Gasteiger partial charge on any atom is 0.417 e. The third kappa shape index (κ3) is 4.34. The van der Waals surface area contributed by atoms with Gasteiger partial charge in [-0.15, -0.1) is 0 Å². The third-order valence-corrected chi connectivity index (χ3v) is 5.10. The smallest absolute Gasteiger partial charge is 0.359 e. The normalized spacial score (nSPS) is 16.4. The van der Waals surface area contributed by atoms with Crippen LogP contribution < -0.4 is 15.5 Å². The fourth-order valence-electron chi connectivity index (χ4n) is 3.48. The summed E-state index contributed by atoms with van der Waals surface area (Å²) >= 11 is 0. The Morgan fingerprint density at radius 3 is 2.56 bits per heavy atom. The van der Waals surface area contributed by atoms with Gasteiger partial charge < -0.3 is 20.5 Å². The van der Waals surface area contributed by atoms with E-state index in [1.807, 2.05) is 0 Å². The number of hydrogen-bond donors (Lipinski definition) is 3. The topological polar surface area (TPSA) is 90.1 Å². The predicted octanol–water partition coefficient (Wildman–Crippen LogP) is 3.19. The Kier molecular flexibility index (Phi) is 5.45. The summed E-state index contributed by atoms with van der Waals surface area (Å²) in [5, 5.41) is 5.09. The molecule has 0 spiro atoms. The second kappa shape index (κ2) is 8.09. The minimum absolute atomic E-state index is 0.112. The number of benzene rings is 1. The van der Waals surface area contributed by atoms with Crippen LogP contribution in [0, 0.1) is 11.6 Å². The fourth-order valence-corrected chi connectivity index (χ4v) is 3.48. The van der Waals surface area contributed by atoms with Gasteiger partial charge in [0.05, 0.1) is 16.8 Å². The van der Waals surface area contributed by atoms with Crippen molar-refractivity contribution in [3.05, 3.63) is 53.9 Å². The first-order valence-electron chi connectivity index (χ1n) is 9.48. The minimum Gasteiger partial charge on any atom is -0.359 e. The molecule has 0 saturated carbocycles. The number of rotatable bonds is 3. The summed E-state index contributed by atoms with van der Waals surface area (Å²) in [5.41, 5.74) is -0.502. The molecule has 4 rings (SSSR count). The molecule has 0 aliphatic carbocycles. The monoisotopic (exact) mass is 453 g/mol. The number of carbonyl (C=O) groups excluding carboxylic acids is 2. The molecule has 32 heavy (non-hydrogen) atoms. The van der Waals surface area contributed by atoms with Gasteiger partial charge in [-0.25, -0.2) is 13.8 Å². The van der Waals surface area contributed by atoms with Gasteiger partial charge in [0.1, 0.15) is 5.82 Å². The Morgan fingerprint density at radius 2 is 1.88 bits per heavy atom. The summed E-state index contributed by atoms with van der Waals surface area (Å²) in [6, 6.07) is 3.59. The lowest BCUT2D eigenvalue weighted by atomic mass is 10.2. The van der Waals surface area contributed by atoms with Crippen molar-refractivity contribution in [2.45, 2.75) is 18.6 Å². The second-order valence-corrected chi connectivity index (χ2v) is 7.28. The van der Waals surface area contributed by atoms with Crippen LogP contribution in [0.3, 0.4) is 0 Å². The number of aromatic nitrogens is 2. The molecular formula is C20H16F5N5O2. The highest BCUT2D eigenvalue weighted by atomic mass is 19.4. The zero-order chi connectivity index (χ0) is 23.0. The first kappa shape index (κ1) is 21.5. The summed E-state index contributed by atoms with van der Waals surface area (Å²) in [5.74, 6) is -3.76. The fraction of sp³-hybridized carbons (Fsp3) is 0.250. The lowest BCUT2D eigenvalue weighted by Crippen LogP contribution is -2.43. The molecule has 7 nitrogen and oxygen atoms in total. The zero-order valence-electron chi connectivity index (χ0n) is 16.3. The summed E-state index contributed by atoms with van der Waals surface area (Å²) in [7, 11) is 0. The molecule has 1 aliphatic rings. The van der Waals surface area contributed by atoms with Crippen molar-refractivity contribution in [2.75, 3.05) is 23.3 Å². The molecule has 1 aromatic carbocycles. The third-order valence-electron chi connectivity index (χ3n) is 5.10. The molecule has 3 heterocycles. The van der Waals surface area contributed by atoms with E-state index in [1.54, 1.807) is 4.90 Å². The van der Waals surface area contributed by atoms with Crippen molar-refractivity contribution in [3.63, 3.8) is 0 Å². The van der Waals surface area contributed by atoms with E-state index in [0.717, 1.165) is 24.4 Å². The number of alkyl halides is 3. The van der Waals surface area contributed by atoms with Crippen LogP contribution in [0.5, 0.6) is 0 Å². The standard InChI is InChI=1S/C20H16F5N5O2/c21-13-5-12-15(6-14(13)22)26-8-16(12)29-19(32)18(31)28-11-3-4-30(9-11)17-2-1-10(7-27-17)20(23,24)25/h1-2,5-8,11,26H,3-4,9H2,(H,28,31)(H,29,32)/t11-/m0/s1. The molecule has 0 unspecified atom stereocenters. The van der Waals surface area contributed by atoms with E-state index in [2.05, 4.69) is 20.6 Å². The Morgan fingerprint density at radius 1 is 1.12 bits per heavy atom. The van der Waals surface area contributed by atoms with Crippen LogP contribution in [0.1, 0.15) is 12.0 Å². The predicted molar refractivity (Wildman–Crippen MR) is 105 cm³/mol. The minimum atomic E-state index is -4.48. The Balaban J connectivity index is 1.35. The lowest BCUT2D eigenvalue weighted by Gasteiger charge is -2.18. The number of halogens is 5. The van der Waals surface area contributed by atoms with Gasteiger partial charge in [-0.3, -0.25) is 9.59 Å². The van der Waals surface area contributed by atoms with Crippen molar-refractivity contribution in [1.29, 1.82) is 0 Å². The van der Waals surface area contributed by atoms with Gasteiger partial charge in [0.2, 0.25) is 0 Å². The molecule has 2 amide bonds. The van der Waals surface area contributed by atoms with Gasteiger partial charge in [-0.05, 0) is 24.6 Å². The van der Waals surface area contributed by atoms with Crippen LogP contribution in [0.25, 0.3) is 10.9 Å². The summed E-state index contributed by atoms with van der Waals surface area (Å²) in [6.07, 6.45) is -1.97. The van der Waals surface area contributed by atoms with Crippen LogP contribution in [-0.4, -0.2) is 40.9 Å². The molecule has 168 valence electrons. The van der Waals surface area contributed by atoms with Gasteiger partial charge in [-0.2, -0.15) is 13.2 Å². The van der Waals surface area contributed by atoms with Gasteiger partial charge >= 0.3 is 18.0 Å². The number of amides is 2. The molecule has 3 N–H and O–H groups in total. The maximum absolute atomic E-state index is 13.5. The van der Waals surface area contributed by atoms with Crippen molar-refractivity contribution in [1.82, 2.24) is 15.3 Å². The van der Waals surface area contributed by atoms with Gasteiger partial charge in [0, 0.05) is 43.0 Å². The zero-order valence-corrected chi connectivity index (χ0v) is 16.3. The van der Waals surface area contributed by atoms with Crippen molar-refractivity contribution >= 4 is 34.2 Å². The summed E-state index contributed by atoms with van der Waals surface area (Å²) < 4.78 is 64.8. The van der Waals surface area contributed by atoms with E-state index in [1.165, 1.54) is 12.3 Å². The van der Waals surface area contributed by atoms with Crippen LogP contribution >= 0.6 is 0 Å². The van der Waals surface area contributed by atoms with Crippen molar-refractivity contribution in [2.24, 2.45) is 0 Å². The second-order valence-electron chi connectivity index (χ2n) is 7.28. The summed E-state index contributed by atoms with van der Waals surface area (Å²) in [4.78, 5) is 32.7. The molecule has 1 atom stereocenters. The molecule has 0 bridgehead atoms. The van der Waals surface area contributed by atoms with Crippen molar-refractivity contribution in [3.8, 4) is 0 Å². The van der Waals surface area contributed by atoms with E-state index in [9.17, 15) is 31.5 Å². The number of fused-ring (bicyclic) bond motifs is 1. The van der Waals surface area contributed by atoms with Crippen LogP contribution in [-0.2, 0) is 15.8 Å². The van der Waals surface area contributed by atoms with E-state index < -0.39 is 41.2 Å². The Hall–Kier alpha value is -3.70. The van der Waals surface area contributed by atoms with E-state index in [4.69, 9.17) is 0 Å². The number of anilines is 2. The maximum atomic E-state index is 13.5. The highest BCUT2D eigenvalue weighted by Gasteiger charge is 2.32. The van der Waals surface area contributed by atoms with Gasteiger partial charge in [-0.1, -0.05) is 0 Å². The Bertz CT molecular complexity index is 1180. The first-order valence-corrected chi connectivity index (χ1v) is 9.48. The van der Waals surface area contributed by atoms with Gasteiger partial charge in [0.25, 0.3) is 0 Å². The number of carbonyl (C=O) groups is 2. The molecule has 1 fully saturated rings. The number of aromatic amines is 1. The van der Waals surface area contributed by atoms with Crippen LogP contribution in [0.15, 0.2) is 36.7 Å². The molecule has 12 heteroatoms. The summed E-state index contributed by atoms with van der Waals surface area (Å²) in [6.45, 7) is 0.688. The average molecular weight is 453 g/mol. The quantitative estimate of drug-likeness (QED) is 0.420. The Labute approximate surface area is 177 Å². The van der Waals surface area contributed by atoms with Gasteiger partial charge in [0.15, 0.2) is 11.6 Å². The molecule has 2 aromatic heterocycles. The number of H-pyrrole nitrogens is 1. The molecule has 1 aliphatic heterocycles. The van der Waals surface area contributed by atoms with E-state index in [-0.39, 0.29) is 23.1 Å². The highest BCUT2D eigenvalue weighted by Crippen LogP contribution is 2.30. The molecule has 1 saturated heterocycles. The highest BCUT2D eigenvalue weighted by molar-refractivity contribution is 6.40. The van der Waals surface area contributed by atoms with Crippen LogP contribution in [0.2, 0.25) is 0 Å². The SMILES string of the molecule is O=C(Nc1c[nH]c2cc(F)c(F)cc12)C(=O)N[C@H]1CCN(c2ccc(C(F)(F)F)cn2)C1.